The summed E-state index contributed by atoms with van der Waals surface area (Å²) in [6, 6.07) is 0. The summed E-state index contributed by atoms with van der Waals surface area (Å²) in [6.45, 7) is 4.31. The fourth-order valence-corrected chi connectivity index (χ4v) is 1.67. The van der Waals surface area contributed by atoms with E-state index in [1.54, 1.807) is 6.33 Å². The van der Waals surface area contributed by atoms with E-state index in [2.05, 4.69) is 22.2 Å². The van der Waals surface area contributed by atoms with Crippen LogP contribution < -0.4 is 5.32 Å². The number of hydrogen-bond acceptors (Lipinski definition) is 2. The van der Waals surface area contributed by atoms with E-state index in [-0.39, 0.29) is 0 Å². The first kappa shape index (κ1) is 6.85. The number of aromatic nitrogens is 2. The number of nitrogens with one attached hydrogen (secondary N) is 2. The largest absolute Gasteiger partial charge is 0.348 e. The van der Waals surface area contributed by atoms with Gasteiger partial charge >= 0.3 is 0 Å². The Bertz CT molecular complexity index is 235. The summed E-state index contributed by atoms with van der Waals surface area (Å²) in [5.41, 5.74) is 2.47. The van der Waals surface area contributed by atoms with Gasteiger partial charge in [0.25, 0.3) is 0 Å². The van der Waals surface area contributed by atoms with Crippen LogP contribution in [0.4, 0.5) is 0 Å². The molecule has 1 aromatic rings. The Hall–Kier alpha value is -0.830. The number of H-pyrrole nitrogens is 1. The van der Waals surface area contributed by atoms with E-state index < -0.39 is 0 Å². The predicted octanol–water partition coefficient (Wildman–Crippen LogP) is 0.795. The third-order valence-electron chi connectivity index (χ3n) is 2.32. The van der Waals surface area contributed by atoms with E-state index in [0.717, 1.165) is 13.1 Å². The molecule has 0 amide bonds. The first-order chi connectivity index (χ1) is 5.38. The summed E-state index contributed by atoms with van der Waals surface area (Å²) in [5.74, 6) is 0.640. The minimum absolute atomic E-state index is 0.640. The van der Waals surface area contributed by atoms with Gasteiger partial charge in [0.2, 0.25) is 0 Å². The maximum atomic E-state index is 4.30. The van der Waals surface area contributed by atoms with Crippen molar-refractivity contribution < 1.29 is 0 Å². The Morgan fingerprint density at radius 2 is 2.55 bits per heavy atom. The van der Waals surface area contributed by atoms with Crippen LogP contribution in [0.5, 0.6) is 0 Å². The molecular formula is C8H13N3. The van der Waals surface area contributed by atoms with E-state index >= 15 is 0 Å². The molecule has 1 unspecified atom stereocenters. The van der Waals surface area contributed by atoms with Gasteiger partial charge in [0.15, 0.2) is 0 Å². The fourth-order valence-electron chi connectivity index (χ4n) is 1.67. The molecule has 11 heavy (non-hydrogen) atoms. The highest BCUT2D eigenvalue weighted by Crippen LogP contribution is 2.21. The van der Waals surface area contributed by atoms with Gasteiger partial charge in [0.05, 0.1) is 12.0 Å². The number of aromatic amines is 1. The minimum Gasteiger partial charge on any atom is -0.348 e. The van der Waals surface area contributed by atoms with Crippen LogP contribution in [0.3, 0.4) is 0 Å². The van der Waals surface area contributed by atoms with Gasteiger partial charge in [-0.3, -0.25) is 0 Å². The molecule has 1 atom stereocenters. The van der Waals surface area contributed by atoms with Gasteiger partial charge in [-0.05, 0) is 19.9 Å². The van der Waals surface area contributed by atoms with Crippen molar-refractivity contribution in [2.75, 3.05) is 13.1 Å². The van der Waals surface area contributed by atoms with Crippen LogP contribution >= 0.6 is 0 Å². The van der Waals surface area contributed by atoms with Gasteiger partial charge < -0.3 is 10.3 Å². The van der Waals surface area contributed by atoms with Crippen LogP contribution in [0, 0.1) is 6.92 Å². The maximum absolute atomic E-state index is 4.30. The van der Waals surface area contributed by atoms with E-state index in [1.165, 1.54) is 17.8 Å². The lowest BCUT2D eigenvalue weighted by Crippen LogP contribution is -2.08. The van der Waals surface area contributed by atoms with Crippen molar-refractivity contribution in [1.29, 1.82) is 0 Å². The molecular weight excluding hydrogens is 138 g/mol. The number of hydrogen-bond donors (Lipinski definition) is 2. The van der Waals surface area contributed by atoms with Crippen LogP contribution in [0.25, 0.3) is 0 Å². The quantitative estimate of drug-likeness (QED) is 0.623. The fraction of sp³-hybridized carbons (Fsp3) is 0.625. The van der Waals surface area contributed by atoms with Gasteiger partial charge in [-0.25, -0.2) is 4.98 Å². The van der Waals surface area contributed by atoms with Crippen molar-refractivity contribution in [3.63, 3.8) is 0 Å². The molecule has 1 aromatic heterocycles. The minimum atomic E-state index is 0.640. The molecule has 3 heteroatoms. The van der Waals surface area contributed by atoms with Gasteiger partial charge in [-0.1, -0.05) is 0 Å². The summed E-state index contributed by atoms with van der Waals surface area (Å²) >= 11 is 0. The molecule has 1 aliphatic heterocycles. The molecule has 2 N–H and O–H groups in total. The standard InChI is InChI=1S/C8H13N3/c1-6-8(11-5-10-6)7-2-3-9-4-7/h5,7,9H,2-4H2,1H3,(H,10,11). The summed E-state index contributed by atoms with van der Waals surface area (Å²) < 4.78 is 0. The van der Waals surface area contributed by atoms with Crippen molar-refractivity contribution in [3.05, 3.63) is 17.7 Å². The van der Waals surface area contributed by atoms with Gasteiger partial charge in [-0.15, -0.1) is 0 Å². The zero-order valence-corrected chi connectivity index (χ0v) is 6.72. The lowest BCUT2D eigenvalue weighted by atomic mass is 10.0. The molecule has 60 valence electrons. The highest BCUT2D eigenvalue weighted by Gasteiger charge is 2.19. The summed E-state index contributed by atoms with van der Waals surface area (Å²) in [6.07, 6.45) is 3.01. The highest BCUT2D eigenvalue weighted by atomic mass is 14.9. The Morgan fingerprint density at radius 3 is 3.09 bits per heavy atom. The van der Waals surface area contributed by atoms with Crippen molar-refractivity contribution in [2.24, 2.45) is 0 Å². The number of rotatable bonds is 1. The molecule has 1 fully saturated rings. The highest BCUT2D eigenvalue weighted by molar-refractivity contribution is 5.16. The third kappa shape index (κ3) is 1.16. The molecule has 0 saturated carbocycles. The van der Waals surface area contributed by atoms with Crippen molar-refractivity contribution in [3.8, 4) is 0 Å². The number of imidazole rings is 1. The Balaban J connectivity index is 2.21. The summed E-state index contributed by atoms with van der Waals surface area (Å²) in [7, 11) is 0. The zero-order chi connectivity index (χ0) is 7.68. The van der Waals surface area contributed by atoms with Crippen molar-refractivity contribution in [2.45, 2.75) is 19.3 Å². The second kappa shape index (κ2) is 2.66. The molecule has 1 saturated heterocycles. The Morgan fingerprint density at radius 1 is 1.64 bits per heavy atom. The maximum Gasteiger partial charge on any atom is 0.0925 e. The zero-order valence-electron chi connectivity index (χ0n) is 6.72. The monoisotopic (exact) mass is 151 g/mol. The second-order valence-electron chi connectivity index (χ2n) is 3.10. The molecule has 0 aromatic carbocycles. The lowest BCUT2D eigenvalue weighted by Gasteiger charge is -2.04. The molecule has 2 rings (SSSR count). The number of nitrogens with zero attached hydrogens (tertiary/aromatic N) is 1. The molecule has 2 heterocycles. The van der Waals surface area contributed by atoms with E-state index in [0.29, 0.717) is 5.92 Å². The molecule has 0 bridgehead atoms. The lowest BCUT2D eigenvalue weighted by molar-refractivity contribution is 0.734. The van der Waals surface area contributed by atoms with E-state index in [1.807, 2.05) is 0 Å². The van der Waals surface area contributed by atoms with Crippen LogP contribution in [0.2, 0.25) is 0 Å². The number of aryl methyl sites for hydroxylation is 1. The molecule has 0 radical (unpaired) electrons. The van der Waals surface area contributed by atoms with Crippen LogP contribution in [0.1, 0.15) is 23.7 Å². The first-order valence-electron chi connectivity index (χ1n) is 4.08. The molecule has 3 nitrogen and oxygen atoms in total. The molecule has 0 spiro atoms. The molecule has 0 aliphatic carbocycles. The van der Waals surface area contributed by atoms with E-state index in [4.69, 9.17) is 0 Å². The van der Waals surface area contributed by atoms with Gasteiger partial charge in [-0.2, -0.15) is 0 Å². The molecule has 1 aliphatic rings. The van der Waals surface area contributed by atoms with Crippen molar-refractivity contribution >= 4 is 0 Å². The topological polar surface area (TPSA) is 40.7 Å². The first-order valence-corrected chi connectivity index (χ1v) is 4.08. The van der Waals surface area contributed by atoms with Crippen LogP contribution in [0.15, 0.2) is 6.33 Å². The smallest absolute Gasteiger partial charge is 0.0925 e. The normalized spacial score (nSPS) is 24.3. The SMILES string of the molecule is Cc1[nH]cnc1C1CCNC1. The average Bonchev–Trinajstić information content (AvgIpc) is 2.55. The summed E-state index contributed by atoms with van der Waals surface area (Å²) in [4.78, 5) is 7.41. The van der Waals surface area contributed by atoms with Crippen LogP contribution in [-0.4, -0.2) is 23.1 Å². The van der Waals surface area contributed by atoms with Crippen molar-refractivity contribution in [1.82, 2.24) is 15.3 Å². The Labute approximate surface area is 66.2 Å². The average molecular weight is 151 g/mol. The summed E-state index contributed by atoms with van der Waals surface area (Å²) in [5, 5.41) is 3.33. The predicted molar refractivity (Wildman–Crippen MR) is 43.6 cm³/mol. The van der Waals surface area contributed by atoms with E-state index in [9.17, 15) is 0 Å². The third-order valence-corrected chi connectivity index (χ3v) is 2.32. The van der Waals surface area contributed by atoms with Gasteiger partial charge in [0, 0.05) is 18.2 Å². The Kier molecular flexibility index (Phi) is 1.66. The second-order valence-corrected chi connectivity index (χ2v) is 3.10. The van der Waals surface area contributed by atoms with Crippen LogP contribution in [-0.2, 0) is 0 Å². The van der Waals surface area contributed by atoms with Gasteiger partial charge in [0.1, 0.15) is 0 Å².